The first kappa shape index (κ1) is 18.8. The normalized spacial score (nSPS) is 14.6. The lowest BCUT2D eigenvalue weighted by Crippen LogP contribution is -2.43. The maximum Gasteiger partial charge on any atom is 0.253 e. The Balaban J connectivity index is 1.46. The van der Waals surface area contributed by atoms with Crippen molar-refractivity contribution >= 4 is 17.6 Å². The summed E-state index contributed by atoms with van der Waals surface area (Å²) in [5, 5.41) is 2.66. The predicted molar refractivity (Wildman–Crippen MR) is 98.8 cm³/mol. The molecule has 1 N–H and O–H groups in total. The third-order valence-corrected chi connectivity index (χ3v) is 4.76. The SMILES string of the molecule is O=C(CNC(=O)C1CCN(C(=O)c2ccccc2)CC1)c1ccc(F)cc1. The highest BCUT2D eigenvalue weighted by Gasteiger charge is 2.27. The number of carbonyl (C=O) groups is 3. The summed E-state index contributed by atoms with van der Waals surface area (Å²) in [6.07, 6.45) is 1.13. The fraction of sp³-hybridized carbons (Fsp3) is 0.286. The molecule has 140 valence electrons. The molecule has 3 rings (SSSR count). The van der Waals surface area contributed by atoms with Crippen molar-refractivity contribution in [2.75, 3.05) is 19.6 Å². The molecule has 1 saturated heterocycles. The summed E-state index contributed by atoms with van der Waals surface area (Å²) < 4.78 is 12.9. The van der Waals surface area contributed by atoms with E-state index >= 15 is 0 Å². The Kier molecular flexibility index (Phi) is 5.96. The summed E-state index contributed by atoms with van der Waals surface area (Å²) in [7, 11) is 0. The number of amides is 2. The summed E-state index contributed by atoms with van der Waals surface area (Å²) in [5.41, 5.74) is 1.00. The van der Waals surface area contributed by atoms with Gasteiger partial charge < -0.3 is 10.2 Å². The maximum absolute atomic E-state index is 12.9. The minimum Gasteiger partial charge on any atom is -0.348 e. The van der Waals surface area contributed by atoms with Crippen LogP contribution >= 0.6 is 0 Å². The van der Waals surface area contributed by atoms with Crippen LogP contribution in [-0.2, 0) is 4.79 Å². The number of carbonyl (C=O) groups excluding carboxylic acids is 3. The van der Waals surface area contributed by atoms with Gasteiger partial charge in [-0.25, -0.2) is 4.39 Å². The first-order valence-corrected chi connectivity index (χ1v) is 8.95. The summed E-state index contributed by atoms with van der Waals surface area (Å²) >= 11 is 0. The highest BCUT2D eigenvalue weighted by atomic mass is 19.1. The molecule has 0 atom stereocenters. The van der Waals surface area contributed by atoms with E-state index in [0.717, 1.165) is 0 Å². The summed E-state index contributed by atoms with van der Waals surface area (Å²) in [6.45, 7) is 0.906. The predicted octanol–water partition coefficient (Wildman–Crippen LogP) is 2.68. The van der Waals surface area contributed by atoms with E-state index in [0.29, 0.717) is 37.1 Å². The van der Waals surface area contributed by atoms with Gasteiger partial charge in [-0.1, -0.05) is 18.2 Å². The molecule has 2 aromatic rings. The Morgan fingerprint density at radius 2 is 1.56 bits per heavy atom. The van der Waals surface area contributed by atoms with Crippen LogP contribution in [0.5, 0.6) is 0 Å². The van der Waals surface area contributed by atoms with E-state index in [-0.39, 0.29) is 30.1 Å². The first-order valence-electron chi connectivity index (χ1n) is 8.95. The van der Waals surface area contributed by atoms with Crippen molar-refractivity contribution < 1.29 is 18.8 Å². The molecule has 2 aromatic carbocycles. The topological polar surface area (TPSA) is 66.5 Å². The molecule has 0 aromatic heterocycles. The largest absolute Gasteiger partial charge is 0.348 e. The zero-order valence-electron chi connectivity index (χ0n) is 14.9. The van der Waals surface area contributed by atoms with E-state index in [4.69, 9.17) is 0 Å². The number of hydrogen-bond acceptors (Lipinski definition) is 3. The van der Waals surface area contributed by atoms with Crippen LogP contribution in [0.3, 0.4) is 0 Å². The van der Waals surface area contributed by atoms with Crippen molar-refractivity contribution in [1.29, 1.82) is 0 Å². The second-order valence-corrected chi connectivity index (χ2v) is 6.58. The van der Waals surface area contributed by atoms with Gasteiger partial charge in [0.25, 0.3) is 5.91 Å². The van der Waals surface area contributed by atoms with Crippen LogP contribution in [0, 0.1) is 11.7 Å². The molecule has 1 aliphatic heterocycles. The van der Waals surface area contributed by atoms with Gasteiger partial charge in [-0.15, -0.1) is 0 Å². The molecule has 5 nitrogen and oxygen atoms in total. The highest BCUT2D eigenvalue weighted by Crippen LogP contribution is 2.19. The number of piperidine rings is 1. The van der Waals surface area contributed by atoms with Crippen molar-refractivity contribution in [1.82, 2.24) is 10.2 Å². The van der Waals surface area contributed by atoms with Crippen LogP contribution in [0.15, 0.2) is 54.6 Å². The van der Waals surface area contributed by atoms with Crippen molar-refractivity contribution in [3.63, 3.8) is 0 Å². The first-order chi connectivity index (χ1) is 13.0. The molecule has 1 heterocycles. The zero-order valence-corrected chi connectivity index (χ0v) is 14.9. The smallest absolute Gasteiger partial charge is 0.253 e. The molecule has 0 spiro atoms. The van der Waals surface area contributed by atoms with Gasteiger partial charge in [-0.2, -0.15) is 0 Å². The van der Waals surface area contributed by atoms with E-state index < -0.39 is 5.82 Å². The quantitative estimate of drug-likeness (QED) is 0.825. The molecule has 2 amide bonds. The van der Waals surface area contributed by atoms with Crippen LogP contribution < -0.4 is 5.32 Å². The van der Waals surface area contributed by atoms with Crippen LogP contribution in [0.4, 0.5) is 4.39 Å². The molecular formula is C21H21FN2O3. The number of likely N-dealkylation sites (tertiary alicyclic amines) is 1. The number of nitrogens with zero attached hydrogens (tertiary/aromatic N) is 1. The van der Waals surface area contributed by atoms with Crippen molar-refractivity contribution in [2.45, 2.75) is 12.8 Å². The average Bonchev–Trinajstić information content (AvgIpc) is 2.72. The van der Waals surface area contributed by atoms with Crippen molar-refractivity contribution in [3.8, 4) is 0 Å². The van der Waals surface area contributed by atoms with Crippen molar-refractivity contribution in [2.24, 2.45) is 5.92 Å². The molecule has 0 aliphatic carbocycles. The number of benzene rings is 2. The third kappa shape index (κ3) is 4.78. The summed E-state index contributed by atoms with van der Waals surface area (Å²) in [6, 6.07) is 14.3. The number of halogens is 1. The van der Waals surface area contributed by atoms with Gasteiger partial charge in [0, 0.05) is 30.1 Å². The van der Waals surface area contributed by atoms with Gasteiger partial charge in [-0.05, 0) is 49.2 Å². The molecule has 6 heteroatoms. The number of ketones is 1. The van der Waals surface area contributed by atoms with E-state index in [2.05, 4.69) is 5.32 Å². The van der Waals surface area contributed by atoms with Gasteiger partial charge >= 0.3 is 0 Å². The summed E-state index contributed by atoms with van der Waals surface area (Å²) in [5.74, 6) is -1.10. The summed E-state index contributed by atoms with van der Waals surface area (Å²) in [4.78, 5) is 38.5. The number of Topliss-reactive ketones (excluding diaryl/α,β-unsaturated/α-hetero) is 1. The fourth-order valence-electron chi connectivity index (χ4n) is 3.16. The highest BCUT2D eigenvalue weighted by molar-refractivity contribution is 5.99. The van der Waals surface area contributed by atoms with Crippen LogP contribution in [0.1, 0.15) is 33.6 Å². The van der Waals surface area contributed by atoms with Crippen LogP contribution in [-0.4, -0.2) is 42.1 Å². The minimum absolute atomic E-state index is 0.0269. The van der Waals surface area contributed by atoms with Crippen LogP contribution in [0.2, 0.25) is 0 Å². The van der Waals surface area contributed by atoms with Gasteiger partial charge in [0.15, 0.2) is 5.78 Å². The molecule has 27 heavy (non-hydrogen) atoms. The monoisotopic (exact) mass is 368 g/mol. The lowest BCUT2D eigenvalue weighted by Gasteiger charge is -2.31. The molecule has 1 aliphatic rings. The van der Waals surface area contributed by atoms with Crippen LogP contribution in [0.25, 0.3) is 0 Å². The molecule has 1 fully saturated rings. The van der Waals surface area contributed by atoms with Gasteiger partial charge in [0.05, 0.1) is 6.54 Å². The molecule has 0 radical (unpaired) electrons. The molecular weight excluding hydrogens is 347 g/mol. The van der Waals surface area contributed by atoms with Gasteiger partial charge in [0.2, 0.25) is 5.91 Å². The number of hydrogen-bond donors (Lipinski definition) is 1. The minimum atomic E-state index is -0.410. The molecule has 0 saturated carbocycles. The lowest BCUT2D eigenvalue weighted by atomic mass is 9.95. The van der Waals surface area contributed by atoms with E-state index in [1.54, 1.807) is 17.0 Å². The molecule has 0 bridgehead atoms. The van der Waals surface area contributed by atoms with E-state index in [9.17, 15) is 18.8 Å². The Hall–Kier alpha value is -3.02. The number of nitrogens with one attached hydrogen (secondary N) is 1. The second-order valence-electron chi connectivity index (χ2n) is 6.58. The average molecular weight is 368 g/mol. The zero-order chi connectivity index (χ0) is 19.2. The van der Waals surface area contributed by atoms with Crippen molar-refractivity contribution in [3.05, 3.63) is 71.5 Å². The fourth-order valence-corrected chi connectivity index (χ4v) is 3.16. The Labute approximate surface area is 157 Å². The lowest BCUT2D eigenvalue weighted by molar-refractivity contribution is -0.126. The van der Waals surface area contributed by atoms with E-state index in [1.165, 1.54) is 24.3 Å². The third-order valence-electron chi connectivity index (χ3n) is 4.76. The van der Waals surface area contributed by atoms with E-state index in [1.807, 2.05) is 18.2 Å². The number of rotatable bonds is 5. The van der Waals surface area contributed by atoms with Gasteiger partial charge in [0.1, 0.15) is 5.82 Å². The van der Waals surface area contributed by atoms with Gasteiger partial charge in [-0.3, -0.25) is 14.4 Å². The molecule has 0 unspecified atom stereocenters. The maximum atomic E-state index is 12.9. The second kappa shape index (κ2) is 8.58. The Morgan fingerprint density at radius 3 is 2.19 bits per heavy atom. The Bertz CT molecular complexity index is 813. The Morgan fingerprint density at radius 1 is 0.926 bits per heavy atom. The standard InChI is InChI=1S/C21H21FN2O3/c22-18-8-6-15(7-9-18)19(25)14-23-20(26)16-10-12-24(13-11-16)21(27)17-4-2-1-3-5-17/h1-9,16H,10-14H2,(H,23,26).